The van der Waals surface area contributed by atoms with Gasteiger partial charge in [-0.3, -0.25) is 19.3 Å². The van der Waals surface area contributed by atoms with Crippen LogP contribution in [-0.4, -0.2) is 78.2 Å². The summed E-state index contributed by atoms with van der Waals surface area (Å²) in [5.41, 5.74) is 1.65. The molecule has 8 nitrogen and oxygen atoms in total. The Morgan fingerprint density at radius 1 is 0.844 bits per heavy atom. The lowest BCUT2D eigenvalue weighted by atomic mass is 10.1. The number of hydrogen-bond donors (Lipinski definition) is 1. The summed E-state index contributed by atoms with van der Waals surface area (Å²) in [4.78, 5) is 42.9. The predicted octanol–water partition coefficient (Wildman–Crippen LogP) is 1.90. The highest BCUT2D eigenvalue weighted by molar-refractivity contribution is 5.94. The van der Waals surface area contributed by atoms with Crippen molar-refractivity contribution in [3.05, 3.63) is 59.0 Å². The quantitative estimate of drug-likeness (QED) is 0.745. The standard InChI is InChI=1S/C24H30N4O4/c1-18-4-9-21(32-18)24(31)28-14-12-26(13-15-28)17-22(29)25-16-19-5-7-20(8-6-19)23(30)27-10-2-3-11-27/h4-9H,2-3,10-17H2,1H3,(H,25,29). The largest absolute Gasteiger partial charge is 0.456 e. The zero-order chi connectivity index (χ0) is 22.5. The summed E-state index contributed by atoms with van der Waals surface area (Å²) >= 11 is 0. The molecule has 2 aliphatic rings. The molecule has 4 rings (SSSR count). The summed E-state index contributed by atoms with van der Waals surface area (Å²) in [6, 6.07) is 10.9. The van der Waals surface area contributed by atoms with Crippen LogP contribution in [0.5, 0.6) is 0 Å². The Morgan fingerprint density at radius 2 is 1.50 bits per heavy atom. The minimum absolute atomic E-state index is 0.0522. The summed E-state index contributed by atoms with van der Waals surface area (Å²) in [6.07, 6.45) is 2.15. The minimum Gasteiger partial charge on any atom is -0.456 e. The van der Waals surface area contributed by atoms with Crippen LogP contribution in [0.15, 0.2) is 40.8 Å². The Morgan fingerprint density at radius 3 is 2.12 bits per heavy atom. The van der Waals surface area contributed by atoms with E-state index in [2.05, 4.69) is 5.32 Å². The van der Waals surface area contributed by atoms with Crippen molar-refractivity contribution in [2.45, 2.75) is 26.3 Å². The fraction of sp³-hybridized carbons (Fsp3) is 0.458. The van der Waals surface area contributed by atoms with Gasteiger partial charge >= 0.3 is 0 Å². The van der Waals surface area contributed by atoms with E-state index in [9.17, 15) is 14.4 Å². The maximum absolute atomic E-state index is 12.5. The van der Waals surface area contributed by atoms with Gasteiger partial charge in [0.05, 0.1) is 6.54 Å². The van der Waals surface area contributed by atoms with Gasteiger partial charge in [-0.15, -0.1) is 0 Å². The number of nitrogens with zero attached hydrogens (tertiary/aromatic N) is 3. The highest BCUT2D eigenvalue weighted by Gasteiger charge is 2.25. The molecule has 2 aromatic rings. The number of nitrogens with one attached hydrogen (secondary N) is 1. The first-order valence-electron chi connectivity index (χ1n) is 11.2. The van der Waals surface area contributed by atoms with E-state index in [1.165, 1.54) is 0 Å². The Hall–Kier alpha value is -3.13. The molecule has 8 heteroatoms. The summed E-state index contributed by atoms with van der Waals surface area (Å²) in [5.74, 6) is 1.01. The van der Waals surface area contributed by atoms with Gasteiger partial charge in [-0.1, -0.05) is 12.1 Å². The molecule has 2 saturated heterocycles. The average Bonchev–Trinajstić information content (AvgIpc) is 3.50. The van der Waals surface area contributed by atoms with Gasteiger partial charge in [0, 0.05) is 51.4 Å². The van der Waals surface area contributed by atoms with Crippen molar-refractivity contribution in [1.29, 1.82) is 0 Å². The summed E-state index contributed by atoms with van der Waals surface area (Å²) in [7, 11) is 0. The van der Waals surface area contributed by atoms with E-state index < -0.39 is 0 Å². The number of hydrogen-bond acceptors (Lipinski definition) is 5. The van der Waals surface area contributed by atoms with E-state index >= 15 is 0 Å². The number of likely N-dealkylation sites (tertiary alicyclic amines) is 1. The second kappa shape index (κ2) is 9.99. The van der Waals surface area contributed by atoms with Gasteiger partial charge in [0.25, 0.3) is 11.8 Å². The molecule has 0 atom stereocenters. The van der Waals surface area contributed by atoms with Gasteiger partial charge in [-0.25, -0.2) is 0 Å². The zero-order valence-corrected chi connectivity index (χ0v) is 18.5. The lowest BCUT2D eigenvalue weighted by Crippen LogP contribution is -2.51. The average molecular weight is 439 g/mol. The monoisotopic (exact) mass is 438 g/mol. The molecule has 2 aliphatic heterocycles. The van der Waals surface area contributed by atoms with Crippen molar-refractivity contribution < 1.29 is 18.8 Å². The van der Waals surface area contributed by atoms with Crippen LogP contribution in [0, 0.1) is 6.92 Å². The van der Waals surface area contributed by atoms with Crippen LogP contribution in [0.4, 0.5) is 0 Å². The number of benzene rings is 1. The third kappa shape index (κ3) is 5.37. The van der Waals surface area contributed by atoms with E-state index in [0.29, 0.717) is 50.6 Å². The Labute approximate surface area is 188 Å². The van der Waals surface area contributed by atoms with Gasteiger partial charge in [0.2, 0.25) is 5.91 Å². The molecule has 32 heavy (non-hydrogen) atoms. The maximum atomic E-state index is 12.5. The summed E-state index contributed by atoms with van der Waals surface area (Å²) in [5, 5.41) is 2.94. The van der Waals surface area contributed by atoms with Crippen LogP contribution < -0.4 is 5.32 Å². The van der Waals surface area contributed by atoms with E-state index in [1.807, 2.05) is 41.0 Å². The fourth-order valence-electron chi connectivity index (χ4n) is 4.14. The molecule has 1 N–H and O–H groups in total. The molecule has 170 valence electrons. The van der Waals surface area contributed by atoms with Crippen molar-refractivity contribution in [2.24, 2.45) is 0 Å². The number of rotatable bonds is 6. The Bertz CT molecular complexity index is 955. The molecular weight excluding hydrogens is 408 g/mol. The van der Waals surface area contributed by atoms with E-state index in [0.717, 1.165) is 37.3 Å². The molecule has 1 aromatic heterocycles. The van der Waals surface area contributed by atoms with Crippen molar-refractivity contribution >= 4 is 17.7 Å². The highest BCUT2D eigenvalue weighted by Crippen LogP contribution is 2.14. The third-order valence-corrected chi connectivity index (χ3v) is 6.06. The number of carbonyl (C=O) groups is 3. The lowest BCUT2D eigenvalue weighted by Gasteiger charge is -2.33. The second-order valence-corrected chi connectivity index (χ2v) is 8.45. The van der Waals surface area contributed by atoms with Gasteiger partial charge in [0.15, 0.2) is 5.76 Å². The van der Waals surface area contributed by atoms with Crippen molar-refractivity contribution in [2.75, 3.05) is 45.8 Å². The number of carbonyl (C=O) groups excluding carboxylic acids is 3. The molecule has 2 fully saturated rings. The molecule has 0 radical (unpaired) electrons. The smallest absolute Gasteiger partial charge is 0.289 e. The molecule has 0 saturated carbocycles. The van der Waals surface area contributed by atoms with Gasteiger partial charge < -0.3 is 19.5 Å². The number of piperazine rings is 1. The van der Waals surface area contributed by atoms with Gasteiger partial charge in [-0.2, -0.15) is 0 Å². The third-order valence-electron chi connectivity index (χ3n) is 6.06. The highest BCUT2D eigenvalue weighted by atomic mass is 16.3. The predicted molar refractivity (Wildman–Crippen MR) is 119 cm³/mol. The normalized spacial score (nSPS) is 16.9. The summed E-state index contributed by atoms with van der Waals surface area (Å²) < 4.78 is 5.42. The molecule has 1 aromatic carbocycles. The van der Waals surface area contributed by atoms with Gasteiger partial charge in [-0.05, 0) is 49.6 Å². The second-order valence-electron chi connectivity index (χ2n) is 8.45. The first-order valence-corrected chi connectivity index (χ1v) is 11.2. The minimum atomic E-state index is -0.103. The number of furan rings is 1. The van der Waals surface area contributed by atoms with Crippen LogP contribution in [0.3, 0.4) is 0 Å². The Kier molecular flexibility index (Phi) is 6.90. The van der Waals surface area contributed by atoms with E-state index in [1.54, 1.807) is 17.0 Å². The van der Waals surface area contributed by atoms with Crippen LogP contribution in [0.1, 0.15) is 45.1 Å². The van der Waals surface area contributed by atoms with Crippen LogP contribution in [0.2, 0.25) is 0 Å². The number of aryl methyl sites for hydroxylation is 1. The maximum Gasteiger partial charge on any atom is 0.289 e. The van der Waals surface area contributed by atoms with Crippen LogP contribution >= 0.6 is 0 Å². The first kappa shape index (κ1) is 22.1. The molecule has 3 heterocycles. The molecule has 0 spiro atoms. The zero-order valence-electron chi connectivity index (χ0n) is 18.5. The van der Waals surface area contributed by atoms with Crippen molar-refractivity contribution in [1.82, 2.24) is 20.0 Å². The molecule has 0 unspecified atom stereocenters. The van der Waals surface area contributed by atoms with E-state index in [-0.39, 0.29) is 17.7 Å². The number of amides is 3. The molecule has 3 amide bonds. The van der Waals surface area contributed by atoms with Crippen LogP contribution in [0.25, 0.3) is 0 Å². The SMILES string of the molecule is Cc1ccc(C(=O)N2CCN(CC(=O)NCc3ccc(C(=O)N4CCCC4)cc3)CC2)o1. The Balaban J connectivity index is 1.18. The fourth-order valence-corrected chi connectivity index (χ4v) is 4.14. The van der Waals surface area contributed by atoms with Crippen molar-refractivity contribution in [3.8, 4) is 0 Å². The van der Waals surface area contributed by atoms with Gasteiger partial charge in [0.1, 0.15) is 5.76 Å². The molecule has 0 aliphatic carbocycles. The first-order chi connectivity index (χ1) is 15.5. The van der Waals surface area contributed by atoms with E-state index in [4.69, 9.17) is 4.42 Å². The summed E-state index contributed by atoms with van der Waals surface area (Å²) in [6.45, 7) is 6.63. The molecule has 0 bridgehead atoms. The topological polar surface area (TPSA) is 86.1 Å². The van der Waals surface area contributed by atoms with Crippen LogP contribution in [-0.2, 0) is 11.3 Å². The van der Waals surface area contributed by atoms with Crippen molar-refractivity contribution in [3.63, 3.8) is 0 Å². The molecular formula is C24H30N4O4. The lowest BCUT2D eigenvalue weighted by molar-refractivity contribution is -0.122.